The topological polar surface area (TPSA) is 33.5 Å². The summed E-state index contributed by atoms with van der Waals surface area (Å²) in [4.78, 5) is 14.7. The number of nitrogens with one attached hydrogen (secondary N) is 1. The summed E-state index contributed by atoms with van der Waals surface area (Å²) in [6.45, 7) is 12.7. The predicted molar refractivity (Wildman–Crippen MR) is 78.3 cm³/mol. The van der Waals surface area contributed by atoms with Crippen molar-refractivity contribution in [3.8, 4) is 0 Å². The lowest BCUT2D eigenvalue weighted by atomic mass is 9.98. The predicted octanol–water partition coefficient (Wildman–Crippen LogP) is 3.62. The molecule has 2 rings (SSSR count). The largest absolute Gasteiger partial charge is 0.319 e. The third-order valence-electron chi connectivity index (χ3n) is 3.03. The Balaban J connectivity index is 2.60. The van der Waals surface area contributed by atoms with Crippen LogP contribution in [0.15, 0.2) is 24.3 Å². The second-order valence-electron chi connectivity index (χ2n) is 4.86. The molecule has 2 aromatic carbocycles. The normalized spacial score (nSPS) is 10.2. The number of rotatable bonds is 2. The molecule has 0 aliphatic heterocycles. The first-order valence-electron chi connectivity index (χ1n) is 6.16. The first kappa shape index (κ1) is 13.1. The Morgan fingerprint density at radius 3 is 2.42 bits per heavy atom. The molecule has 0 bridgehead atoms. The number of aryl methyl sites for hydroxylation is 3. The highest BCUT2D eigenvalue weighted by atomic mass is 16.1. The van der Waals surface area contributed by atoms with Gasteiger partial charge in [0.1, 0.15) is 0 Å². The molecule has 19 heavy (non-hydrogen) atoms. The standard InChI is InChI=1S/C16H16N2O/c1-10-5-12(3)16-13(6-10)7-11(2)8-14(16)18-15(19)9-17-4/h5-8H,9H2,1-3H3,(H,18,19). The molecule has 0 aliphatic carbocycles. The van der Waals surface area contributed by atoms with Gasteiger partial charge in [0, 0.05) is 11.1 Å². The van der Waals surface area contributed by atoms with Gasteiger partial charge < -0.3 is 10.2 Å². The van der Waals surface area contributed by atoms with Crippen LogP contribution in [0.4, 0.5) is 5.69 Å². The first-order chi connectivity index (χ1) is 9.01. The number of carbonyl (C=O) groups is 1. The second kappa shape index (κ2) is 5.11. The Bertz CT molecular complexity index is 691. The minimum atomic E-state index is -0.262. The molecule has 0 heterocycles. The van der Waals surface area contributed by atoms with Gasteiger partial charge in [-0.3, -0.25) is 4.79 Å². The molecular weight excluding hydrogens is 236 g/mol. The Labute approximate surface area is 113 Å². The Hall–Kier alpha value is -2.34. The van der Waals surface area contributed by atoms with Gasteiger partial charge in [0.15, 0.2) is 0 Å². The number of hydrogen-bond donors (Lipinski definition) is 1. The molecule has 3 nitrogen and oxygen atoms in total. The molecule has 0 aromatic heterocycles. The number of amides is 1. The first-order valence-corrected chi connectivity index (χ1v) is 6.16. The quantitative estimate of drug-likeness (QED) is 0.814. The highest BCUT2D eigenvalue weighted by Gasteiger charge is 2.10. The van der Waals surface area contributed by atoms with Gasteiger partial charge in [0.25, 0.3) is 6.54 Å². The van der Waals surface area contributed by atoms with Crippen LogP contribution in [0.5, 0.6) is 0 Å². The van der Waals surface area contributed by atoms with Crippen LogP contribution in [0.1, 0.15) is 16.7 Å². The minimum absolute atomic E-state index is 0.139. The summed E-state index contributed by atoms with van der Waals surface area (Å²) in [6, 6.07) is 8.27. The van der Waals surface area contributed by atoms with E-state index in [9.17, 15) is 4.79 Å². The fraction of sp³-hybridized carbons (Fsp3) is 0.250. The molecule has 0 radical (unpaired) electrons. The van der Waals surface area contributed by atoms with E-state index in [1.807, 2.05) is 19.9 Å². The summed E-state index contributed by atoms with van der Waals surface area (Å²) >= 11 is 0. The molecule has 1 amide bonds. The van der Waals surface area contributed by atoms with Crippen LogP contribution >= 0.6 is 0 Å². The molecule has 96 valence electrons. The minimum Gasteiger partial charge on any atom is -0.319 e. The Kier molecular flexibility index (Phi) is 3.52. The maximum absolute atomic E-state index is 11.6. The van der Waals surface area contributed by atoms with Gasteiger partial charge in [0.2, 0.25) is 0 Å². The van der Waals surface area contributed by atoms with Crippen LogP contribution in [-0.2, 0) is 4.79 Å². The zero-order chi connectivity index (χ0) is 14.0. The molecule has 0 saturated heterocycles. The van der Waals surface area contributed by atoms with E-state index in [1.165, 1.54) is 5.56 Å². The van der Waals surface area contributed by atoms with Crippen LogP contribution in [0.25, 0.3) is 15.6 Å². The molecule has 0 spiro atoms. The van der Waals surface area contributed by atoms with E-state index < -0.39 is 0 Å². The van der Waals surface area contributed by atoms with Crippen molar-refractivity contribution >= 4 is 22.4 Å². The molecule has 0 saturated carbocycles. The zero-order valence-corrected chi connectivity index (χ0v) is 11.4. The number of benzene rings is 2. The van der Waals surface area contributed by atoms with Crippen molar-refractivity contribution < 1.29 is 4.79 Å². The summed E-state index contributed by atoms with van der Waals surface area (Å²) < 4.78 is 0. The van der Waals surface area contributed by atoms with Crippen molar-refractivity contribution in [2.45, 2.75) is 20.8 Å². The van der Waals surface area contributed by atoms with Gasteiger partial charge >= 0.3 is 5.91 Å². The van der Waals surface area contributed by atoms with E-state index in [0.717, 1.165) is 27.6 Å². The number of anilines is 1. The van der Waals surface area contributed by atoms with Crippen molar-refractivity contribution in [2.75, 3.05) is 11.9 Å². The summed E-state index contributed by atoms with van der Waals surface area (Å²) in [6.07, 6.45) is 0. The van der Waals surface area contributed by atoms with Gasteiger partial charge in [0.05, 0.1) is 0 Å². The summed E-state index contributed by atoms with van der Waals surface area (Å²) in [7, 11) is 0. The van der Waals surface area contributed by atoms with E-state index in [0.29, 0.717) is 0 Å². The van der Waals surface area contributed by atoms with E-state index in [4.69, 9.17) is 6.57 Å². The van der Waals surface area contributed by atoms with E-state index in [2.05, 4.69) is 35.3 Å². The number of nitrogens with zero attached hydrogens (tertiary/aromatic N) is 1. The smallest absolute Gasteiger partial charge is 0.304 e. The molecular formula is C16H16N2O. The van der Waals surface area contributed by atoms with Crippen LogP contribution in [0.3, 0.4) is 0 Å². The molecule has 0 atom stereocenters. The van der Waals surface area contributed by atoms with Crippen molar-refractivity contribution in [3.05, 3.63) is 52.4 Å². The van der Waals surface area contributed by atoms with Crippen LogP contribution in [-0.4, -0.2) is 12.5 Å². The average Bonchev–Trinajstić information content (AvgIpc) is 2.26. The lowest BCUT2D eigenvalue weighted by Gasteiger charge is -2.12. The SMILES string of the molecule is [C-]#[N+]CC(=O)Nc1cc(C)cc2cc(C)cc(C)c12. The molecule has 1 N–H and O–H groups in total. The van der Waals surface area contributed by atoms with Gasteiger partial charge in [-0.1, -0.05) is 23.8 Å². The summed E-state index contributed by atoms with van der Waals surface area (Å²) in [5, 5.41) is 5.01. The van der Waals surface area contributed by atoms with Crippen molar-refractivity contribution in [1.29, 1.82) is 0 Å². The van der Waals surface area contributed by atoms with Crippen LogP contribution in [0.2, 0.25) is 0 Å². The van der Waals surface area contributed by atoms with Crippen molar-refractivity contribution in [2.24, 2.45) is 0 Å². The monoisotopic (exact) mass is 252 g/mol. The molecule has 0 fully saturated rings. The van der Waals surface area contributed by atoms with Crippen molar-refractivity contribution in [1.82, 2.24) is 0 Å². The maximum Gasteiger partial charge on any atom is 0.304 e. The van der Waals surface area contributed by atoms with E-state index in [-0.39, 0.29) is 12.5 Å². The fourth-order valence-electron chi connectivity index (χ4n) is 2.43. The number of hydrogen-bond acceptors (Lipinski definition) is 1. The fourth-order valence-corrected chi connectivity index (χ4v) is 2.43. The Morgan fingerprint density at radius 2 is 1.79 bits per heavy atom. The maximum atomic E-state index is 11.6. The Morgan fingerprint density at radius 1 is 1.16 bits per heavy atom. The molecule has 3 heteroatoms. The van der Waals surface area contributed by atoms with E-state index >= 15 is 0 Å². The average molecular weight is 252 g/mol. The molecule has 0 unspecified atom stereocenters. The highest BCUT2D eigenvalue weighted by Crippen LogP contribution is 2.29. The van der Waals surface area contributed by atoms with E-state index in [1.54, 1.807) is 0 Å². The lowest BCUT2D eigenvalue weighted by molar-refractivity contribution is -0.114. The third-order valence-corrected chi connectivity index (χ3v) is 3.03. The van der Waals surface area contributed by atoms with Crippen molar-refractivity contribution in [3.63, 3.8) is 0 Å². The highest BCUT2D eigenvalue weighted by molar-refractivity contribution is 6.05. The van der Waals surface area contributed by atoms with Crippen LogP contribution < -0.4 is 5.32 Å². The second-order valence-corrected chi connectivity index (χ2v) is 4.86. The number of fused-ring (bicyclic) bond motifs is 1. The van der Waals surface area contributed by atoms with Gasteiger partial charge in [-0.2, -0.15) is 0 Å². The summed E-state index contributed by atoms with van der Waals surface area (Å²) in [5.74, 6) is -0.262. The summed E-state index contributed by atoms with van der Waals surface area (Å²) in [5.41, 5.74) is 4.22. The van der Waals surface area contributed by atoms with Gasteiger partial charge in [-0.05, 0) is 43.4 Å². The molecule has 2 aromatic rings. The molecule has 0 aliphatic rings. The van der Waals surface area contributed by atoms with Gasteiger partial charge in [-0.25, -0.2) is 6.57 Å². The lowest BCUT2D eigenvalue weighted by Crippen LogP contribution is -2.14. The van der Waals surface area contributed by atoms with Crippen LogP contribution in [0, 0.1) is 27.3 Å². The van der Waals surface area contributed by atoms with Gasteiger partial charge in [-0.15, -0.1) is 0 Å². The number of carbonyl (C=O) groups excluding carboxylic acids is 1. The zero-order valence-electron chi connectivity index (χ0n) is 11.4. The third kappa shape index (κ3) is 2.74.